The van der Waals surface area contributed by atoms with Crippen molar-refractivity contribution in [3.8, 4) is 5.69 Å². The summed E-state index contributed by atoms with van der Waals surface area (Å²) >= 11 is 1.83. The Balaban J connectivity index is 1.72. The molecule has 6 aromatic rings. The van der Waals surface area contributed by atoms with E-state index in [0.717, 1.165) is 0 Å². The number of pyridine rings is 1. The van der Waals surface area contributed by atoms with Crippen LogP contribution >= 0.6 is 11.3 Å². The van der Waals surface area contributed by atoms with Gasteiger partial charge in [0.15, 0.2) is 0 Å². The summed E-state index contributed by atoms with van der Waals surface area (Å²) in [5.41, 5.74) is 5.00. The zero-order chi connectivity index (χ0) is 18.0. The molecule has 3 heteroatoms. The Hall–Kier alpha value is -3.17. The van der Waals surface area contributed by atoms with Crippen LogP contribution in [0, 0.1) is 6.92 Å². The quantitative estimate of drug-likeness (QED) is 0.312. The number of hydrogen-bond acceptors (Lipinski definition) is 2. The fourth-order valence-electron chi connectivity index (χ4n) is 4.11. The summed E-state index contributed by atoms with van der Waals surface area (Å²) in [6.45, 7) is 2.16. The molecule has 0 bridgehead atoms. The van der Waals surface area contributed by atoms with E-state index in [9.17, 15) is 0 Å². The highest BCUT2D eigenvalue weighted by Crippen LogP contribution is 2.37. The van der Waals surface area contributed by atoms with Crippen molar-refractivity contribution in [3.05, 3.63) is 84.7 Å². The summed E-state index contributed by atoms with van der Waals surface area (Å²) < 4.78 is 4.97. The van der Waals surface area contributed by atoms with Gasteiger partial charge in [-0.25, -0.2) is 0 Å². The van der Waals surface area contributed by atoms with Crippen molar-refractivity contribution >= 4 is 53.3 Å². The van der Waals surface area contributed by atoms with Gasteiger partial charge in [-0.15, -0.1) is 11.3 Å². The van der Waals surface area contributed by atoms with Crippen LogP contribution in [-0.4, -0.2) is 9.55 Å². The summed E-state index contributed by atoms with van der Waals surface area (Å²) in [6, 6.07) is 24.3. The van der Waals surface area contributed by atoms with Crippen molar-refractivity contribution in [1.29, 1.82) is 0 Å². The Morgan fingerprint density at radius 3 is 2.59 bits per heavy atom. The first kappa shape index (κ1) is 14.9. The lowest BCUT2D eigenvalue weighted by atomic mass is 10.1. The van der Waals surface area contributed by atoms with Gasteiger partial charge in [-0.2, -0.15) is 0 Å². The van der Waals surface area contributed by atoms with E-state index in [2.05, 4.69) is 83.2 Å². The van der Waals surface area contributed by atoms with Gasteiger partial charge in [0.2, 0.25) is 0 Å². The van der Waals surface area contributed by atoms with Crippen molar-refractivity contribution < 1.29 is 0 Å². The normalized spacial score (nSPS) is 11.9. The maximum Gasteiger partial charge on any atom is 0.0541 e. The summed E-state index contributed by atoms with van der Waals surface area (Å²) in [4.78, 5) is 4.30. The van der Waals surface area contributed by atoms with E-state index in [1.54, 1.807) is 0 Å². The molecule has 27 heavy (non-hydrogen) atoms. The standard InChI is InChI=1S/C24H16N2S/c1-15-6-9-22-19(12-15)17-4-2-3-5-21(17)26(22)16-7-8-18-20-14-25-11-10-23(20)27-24(18)13-16/h2-14H,1H3. The lowest BCUT2D eigenvalue weighted by Gasteiger charge is -2.08. The monoisotopic (exact) mass is 364 g/mol. The molecule has 0 atom stereocenters. The molecule has 0 amide bonds. The first-order valence-electron chi connectivity index (χ1n) is 9.06. The van der Waals surface area contributed by atoms with Gasteiger partial charge in [0.1, 0.15) is 0 Å². The Bertz CT molecular complexity index is 1490. The van der Waals surface area contributed by atoms with Gasteiger partial charge in [0.05, 0.1) is 11.0 Å². The van der Waals surface area contributed by atoms with Crippen molar-refractivity contribution in [1.82, 2.24) is 9.55 Å². The molecule has 3 aromatic carbocycles. The molecule has 0 aliphatic carbocycles. The Labute approximate surface area is 160 Å². The number of benzene rings is 3. The fourth-order valence-corrected chi connectivity index (χ4v) is 5.22. The molecule has 3 aromatic heterocycles. The topological polar surface area (TPSA) is 17.8 Å². The summed E-state index contributed by atoms with van der Waals surface area (Å²) in [5.74, 6) is 0. The van der Waals surface area contributed by atoms with E-state index in [0.29, 0.717) is 0 Å². The molecular weight excluding hydrogens is 348 g/mol. The molecule has 0 spiro atoms. The minimum Gasteiger partial charge on any atom is -0.309 e. The zero-order valence-electron chi connectivity index (χ0n) is 14.8. The highest BCUT2D eigenvalue weighted by Gasteiger charge is 2.13. The molecule has 6 rings (SSSR count). The second-order valence-electron chi connectivity index (χ2n) is 7.03. The van der Waals surface area contributed by atoms with Crippen molar-refractivity contribution in [3.63, 3.8) is 0 Å². The molecular formula is C24H16N2S. The molecule has 2 nitrogen and oxygen atoms in total. The van der Waals surface area contributed by atoms with Gasteiger partial charge in [-0.1, -0.05) is 35.9 Å². The molecule has 0 radical (unpaired) electrons. The number of aromatic nitrogens is 2. The molecule has 128 valence electrons. The number of aryl methyl sites for hydroxylation is 1. The minimum atomic E-state index is 1.21. The molecule has 0 aliphatic rings. The van der Waals surface area contributed by atoms with E-state index in [1.165, 1.54) is 53.2 Å². The van der Waals surface area contributed by atoms with Gasteiger partial charge in [0, 0.05) is 49.0 Å². The fraction of sp³-hybridized carbons (Fsp3) is 0.0417. The Morgan fingerprint density at radius 2 is 1.63 bits per heavy atom. The van der Waals surface area contributed by atoms with Crippen LogP contribution in [0.1, 0.15) is 5.56 Å². The molecule has 0 N–H and O–H groups in total. The summed E-state index contributed by atoms with van der Waals surface area (Å²) in [7, 11) is 0. The van der Waals surface area contributed by atoms with Crippen LogP contribution in [0.3, 0.4) is 0 Å². The number of para-hydroxylation sites is 1. The number of nitrogens with zero attached hydrogens (tertiary/aromatic N) is 2. The maximum atomic E-state index is 4.30. The average molecular weight is 364 g/mol. The average Bonchev–Trinajstić information content (AvgIpc) is 3.22. The van der Waals surface area contributed by atoms with E-state index in [1.807, 2.05) is 23.7 Å². The third-order valence-electron chi connectivity index (χ3n) is 5.34. The van der Waals surface area contributed by atoms with E-state index in [-0.39, 0.29) is 0 Å². The van der Waals surface area contributed by atoms with E-state index >= 15 is 0 Å². The molecule has 0 saturated heterocycles. The van der Waals surface area contributed by atoms with Gasteiger partial charge in [-0.05, 0) is 43.3 Å². The Morgan fingerprint density at radius 1 is 0.741 bits per heavy atom. The van der Waals surface area contributed by atoms with Crippen molar-refractivity contribution in [2.75, 3.05) is 0 Å². The first-order valence-corrected chi connectivity index (χ1v) is 9.88. The van der Waals surface area contributed by atoms with Crippen LogP contribution in [0.2, 0.25) is 0 Å². The van der Waals surface area contributed by atoms with Crippen LogP contribution in [0.25, 0.3) is 47.7 Å². The smallest absolute Gasteiger partial charge is 0.0541 e. The second kappa shape index (κ2) is 5.41. The number of rotatable bonds is 1. The molecule has 3 heterocycles. The predicted molar refractivity (Wildman–Crippen MR) is 116 cm³/mol. The second-order valence-corrected chi connectivity index (χ2v) is 8.11. The van der Waals surface area contributed by atoms with Crippen molar-refractivity contribution in [2.24, 2.45) is 0 Å². The zero-order valence-corrected chi connectivity index (χ0v) is 15.6. The third-order valence-corrected chi connectivity index (χ3v) is 6.48. The molecule has 0 fully saturated rings. The van der Waals surface area contributed by atoms with Crippen LogP contribution in [0.5, 0.6) is 0 Å². The van der Waals surface area contributed by atoms with Crippen LogP contribution < -0.4 is 0 Å². The van der Waals surface area contributed by atoms with Crippen LogP contribution in [0.15, 0.2) is 79.1 Å². The third kappa shape index (κ3) is 2.09. The van der Waals surface area contributed by atoms with Crippen LogP contribution in [0.4, 0.5) is 0 Å². The largest absolute Gasteiger partial charge is 0.309 e. The van der Waals surface area contributed by atoms with E-state index < -0.39 is 0 Å². The molecule has 0 aliphatic heterocycles. The molecule has 0 saturated carbocycles. The van der Waals surface area contributed by atoms with Gasteiger partial charge < -0.3 is 4.57 Å². The highest BCUT2D eigenvalue weighted by molar-refractivity contribution is 7.25. The first-order chi connectivity index (χ1) is 13.3. The van der Waals surface area contributed by atoms with Gasteiger partial charge in [-0.3, -0.25) is 4.98 Å². The maximum absolute atomic E-state index is 4.30. The SMILES string of the molecule is Cc1ccc2c(c1)c1ccccc1n2-c1ccc2c(c1)sc1ccncc12. The number of thiophene rings is 1. The predicted octanol–water partition coefficient (Wildman–Crippen LogP) is 6.86. The van der Waals surface area contributed by atoms with E-state index in [4.69, 9.17) is 0 Å². The van der Waals surface area contributed by atoms with Crippen LogP contribution in [-0.2, 0) is 0 Å². The summed E-state index contributed by atoms with van der Waals surface area (Å²) in [5, 5.41) is 5.13. The minimum absolute atomic E-state index is 1.21. The highest BCUT2D eigenvalue weighted by atomic mass is 32.1. The lowest BCUT2D eigenvalue weighted by molar-refractivity contribution is 1.19. The summed E-state index contributed by atoms with van der Waals surface area (Å²) in [6.07, 6.45) is 3.84. The Kier molecular flexibility index (Phi) is 3.00. The number of hydrogen-bond donors (Lipinski definition) is 0. The molecule has 0 unspecified atom stereocenters. The number of fused-ring (bicyclic) bond motifs is 6. The lowest BCUT2D eigenvalue weighted by Crippen LogP contribution is -1.93. The van der Waals surface area contributed by atoms with Gasteiger partial charge in [0.25, 0.3) is 0 Å². The van der Waals surface area contributed by atoms with Gasteiger partial charge >= 0.3 is 0 Å². The van der Waals surface area contributed by atoms with Crippen molar-refractivity contribution in [2.45, 2.75) is 6.92 Å².